The average molecular weight is 260 g/mol. The summed E-state index contributed by atoms with van der Waals surface area (Å²) >= 11 is 1.38. The summed E-state index contributed by atoms with van der Waals surface area (Å²) < 4.78 is 26.5. The summed E-state index contributed by atoms with van der Waals surface area (Å²) in [7, 11) is -3.24. The van der Waals surface area contributed by atoms with Crippen molar-refractivity contribution in [2.24, 2.45) is 0 Å². The molecule has 0 spiro atoms. The zero-order chi connectivity index (χ0) is 11.6. The van der Waals surface area contributed by atoms with Crippen LogP contribution in [0.5, 0.6) is 0 Å². The van der Waals surface area contributed by atoms with E-state index in [0.29, 0.717) is 17.3 Å². The third kappa shape index (κ3) is 2.29. The largest absolute Gasteiger partial charge is 0.314 e. The molecule has 1 aliphatic rings. The van der Waals surface area contributed by atoms with Gasteiger partial charge < -0.3 is 5.32 Å². The van der Waals surface area contributed by atoms with Crippen LogP contribution in [0.4, 0.5) is 0 Å². The highest BCUT2D eigenvalue weighted by Crippen LogP contribution is 2.25. The predicted molar refractivity (Wildman–Crippen MR) is 65.3 cm³/mol. The van der Waals surface area contributed by atoms with E-state index in [2.05, 4.69) is 5.32 Å². The molecular formula is C10H16N2O2S2. The highest BCUT2D eigenvalue weighted by Gasteiger charge is 2.26. The second-order valence-electron chi connectivity index (χ2n) is 3.73. The van der Waals surface area contributed by atoms with Crippen LogP contribution in [0.15, 0.2) is 16.3 Å². The Morgan fingerprint density at radius 1 is 1.38 bits per heavy atom. The number of thiophene rings is 1. The fraction of sp³-hybridized carbons (Fsp3) is 0.600. The first-order valence-electron chi connectivity index (χ1n) is 5.44. The van der Waals surface area contributed by atoms with E-state index in [1.807, 2.05) is 13.0 Å². The van der Waals surface area contributed by atoms with Crippen LogP contribution in [0.3, 0.4) is 0 Å². The SMILES string of the molecule is CCc1ccc(S(=O)(=O)N2CCNCC2)s1. The second-order valence-corrected chi connectivity index (χ2v) is 7.06. The first-order chi connectivity index (χ1) is 7.64. The predicted octanol–water partition coefficient (Wildman–Crippen LogP) is 0.904. The molecule has 0 saturated carbocycles. The zero-order valence-corrected chi connectivity index (χ0v) is 10.9. The minimum Gasteiger partial charge on any atom is -0.314 e. The van der Waals surface area contributed by atoms with Gasteiger partial charge in [-0.05, 0) is 18.6 Å². The van der Waals surface area contributed by atoms with E-state index in [1.54, 1.807) is 10.4 Å². The molecule has 1 aromatic heterocycles. The van der Waals surface area contributed by atoms with E-state index >= 15 is 0 Å². The topological polar surface area (TPSA) is 49.4 Å². The van der Waals surface area contributed by atoms with Crippen LogP contribution in [0.2, 0.25) is 0 Å². The maximum atomic E-state index is 12.2. The Labute approximate surface area is 100 Å². The van der Waals surface area contributed by atoms with Crippen molar-refractivity contribution in [2.75, 3.05) is 26.2 Å². The molecule has 6 heteroatoms. The van der Waals surface area contributed by atoms with Crippen molar-refractivity contribution in [1.29, 1.82) is 0 Å². The number of sulfonamides is 1. The Bertz CT molecular complexity index is 447. The van der Waals surface area contributed by atoms with Gasteiger partial charge in [-0.3, -0.25) is 0 Å². The number of piperazine rings is 1. The van der Waals surface area contributed by atoms with Gasteiger partial charge in [0.25, 0.3) is 10.0 Å². The normalized spacial score (nSPS) is 18.8. The van der Waals surface area contributed by atoms with Crippen molar-refractivity contribution in [3.05, 3.63) is 17.0 Å². The van der Waals surface area contributed by atoms with Gasteiger partial charge >= 0.3 is 0 Å². The highest BCUT2D eigenvalue weighted by atomic mass is 32.2. The quantitative estimate of drug-likeness (QED) is 0.878. The lowest BCUT2D eigenvalue weighted by Crippen LogP contribution is -2.46. The summed E-state index contributed by atoms with van der Waals surface area (Å²) in [5.41, 5.74) is 0. The summed E-state index contributed by atoms with van der Waals surface area (Å²) in [4.78, 5) is 1.12. The van der Waals surface area contributed by atoms with E-state index < -0.39 is 10.0 Å². The Kier molecular flexibility index (Phi) is 3.63. The van der Waals surface area contributed by atoms with Crippen LogP contribution in [-0.4, -0.2) is 38.9 Å². The summed E-state index contributed by atoms with van der Waals surface area (Å²) in [6, 6.07) is 3.63. The lowest BCUT2D eigenvalue weighted by molar-refractivity contribution is 0.361. The molecule has 4 nitrogen and oxygen atoms in total. The van der Waals surface area contributed by atoms with Gasteiger partial charge in [-0.15, -0.1) is 11.3 Å². The summed E-state index contributed by atoms with van der Waals surface area (Å²) in [6.07, 6.45) is 0.891. The van der Waals surface area contributed by atoms with Crippen LogP contribution in [-0.2, 0) is 16.4 Å². The van der Waals surface area contributed by atoms with Gasteiger partial charge in [0.1, 0.15) is 4.21 Å². The molecule has 16 heavy (non-hydrogen) atoms. The highest BCUT2D eigenvalue weighted by molar-refractivity contribution is 7.91. The van der Waals surface area contributed by atoms with Crippen molar-refractivity contribution in [1.82, 2.24) is 9.62 Å². The van der Waals surface area contributed by atoms with Crippen LogP contribution in [0, 0.1) is 0 Å². The average Bonchev–Trinajstić information content (AvgIpc) is 2.79. The molecule has 0 aromatic carbocycles. The number of hydrogen-bond acceptors (Lipinski definition) is 4. The second kappa shape index (κ2) is 4.83. The van der Waals surface area contributed by atoms with Crippen LogP contribution < -0.4 is 5.32 Å². The molecule has 0 atom stereocenters. The molecule has 1 N–H and O–H groups in total. The van der Waals surface area contributed by atoms with Gasteiger partial charge in [0.2, 0.25) is 0 Å². The molecule has 1 aromatic rings. The van der Waals surface area contributed by atoms with Gasteiger partial charge in [0.15, 0.2) is 0 Å². The van der Waals surface area contributed by atoms with Gasteiger partial charge in [-0.1, -0.05) is 6.92 Å². The van der Waals surface area contributed by atoms with E-state index in [4.69, 9.17) is 0 Å². The lowest BCUT2D eigenvalue weighted by Gasteiger charge is -2.25. The van der Waals surface area contributed by atoms with E-state index in [9.17, 15) is 8.42 Å². The molecule has 0 radical (unpaired) electrons. The molecule has 0 aliphatic carbocycles. The van der Waals surface area contributed by atoms with Crippen LogP contribution in [0.1, 0.15) is 11.8 Å². The molecule has 2 rings (SSSR count). The van der Waals surface area contributed by atoms with Gasteiger partial charge in [0, 0.05) is 31.1 Å². The van der Waals surface area contributed by atoms with Crippen molar-refractivity contribution in [2.45, 2.75) is 17.6 Å². The minimum atomic E-state index is -3.24. The Hall–Kier alpha value is -0.430. The van der Waals surface area contributed by atoms with Gasteiger partial charge in [-0.25, -0.2) is 8.42 Å². The molecule has 0 unspecified atom stereocenters. The van der Waals surface area contributed by atoms with E-state index in [-0.39, 0.29) is 0 Å². The number of aryl methyl sites for hydroxylation is 1. The van der Waals surface area contributed by atoms with E-state index in [0.717, 1.165) is 24.4 Å². The molecule has 90 valence electrons. The zero-order valence-electron chi connectivity index (χ0n) is 9.27. The maximum Gasteiger partial charge on any atom is 0.252 e. The number of nitrogens with one attached hydrogen (secondary N) is 1. The maximum absolute atomic E-state index is 12.2. The molecule has 0 amide bonds. The lowest BCUT2D eigenvalue weighted by atomic mass is 10.4. The van der Waals surface area contributed by atoms with Crippen LogP contribution in [0.25, 0.3) is 0 Å². The third-order valence-corrected chi connectivity index (χ3v) is 6.25. The number of hydrogen-bond donors (Lipinski definition) is 1. The summed E-state index contributed by atoms with van der Waals surface area (Å²) in [5, 5.41) is 3.15. The number of nitrogens with zero attached hydrogens (tertiary/aromatic N) is 1. The van der Waals surface area contributed by atoms with Crippen molar-refractivity contribution in [3.8, 4) is 0 Å². The van der Waals surface area contributed by atoms with Gasteiger partial charge in [0.05, 0.1) is 0 Å². The first-order valence-corrected chi connectivity index (χ1v) is 7.70. The molecule has 0 bridgehead atoms. The minimum absolute atomic E-state index is 0.478. The monoisotopic (exact) mass is 260 g/mol. The van der Waals surface area contributed by atoms with Crippen LogP contribution >= 0.6 is 11.3 Å². The van der Waals surface area contributed by atoms with Crippen molar-refractivity contribution < 1.29 is 8.42 Å². The Balaban J connectivity index is 2.23. The molecular weight excluding hydrogens is 244 g/mol. The number of rotatable bonds is 3. The van der Waals surface area contributed by atoms with E-state index in [1.165, 1.54) is 11.3 Å². The van der Waals surface area contributed by atoms with Gasteiger partial charge in [-0.2, -0.15) is 4.31 Å². The fourth-order valence-electron chi connectivity index (χ4n) is 1.70. The third-order valence-electron chi connectivity index (χ3n) is 2.66. The molecule has 1 aliphatic heterocycles. The Morgan fingerprint density at radius 3 is 2.62 bits per heavy atom. The van der Waals surface area contributed by atoms with Crippen molar-refractivity contribution in [3.63, 3.8) is 0 Å². The smallest absolute Gasteiger partial charge is 0.252 e. The van der Waals surface area contributed by atoms with Crippen molar-refractivity contribution >= 4 is 21.4 Å². The standard InChI is InChI=1S/C10H16N2O2S2/c1-2-9-3-4-10(15-9)16(13,14)12-7-5-11-6-8-12/h3-4,11H,2,5-8H2,1H3. The summed E-state index contributed by atoms with van der Waals surface area (Å²) in [6.45, 7) is 4.66. The molecule has 1 saturated heterocycles. The summed E-state index contributed by atoms with van der Waals surface area (Å²) in [5.74, 6) is 0. The first kappa shape index (κ1) is 12.0. The molecule has 2 heterocycles. The molecule has 1 fully saturated rings. The fourth-order valence-corrected chi connectivity index (χ4v) is 4.59. The Morgan fingerprint density at radius 2 is 2.06 bits per heavy atom.